The highest BCUT2D eigenvalue weighted by atomic mass is 32.2. The Balaban J connectivity index is 1.45. The summed E-state index contributed by atoms with van der Waals surface area (Å²) < 4.78 is 32.5. The fourth-order valence-electron chi connectivity index (χ4n) is 3.91. The minimum Gasteiger partial charge on any atom is -0.296 e. The van der Waals surface area contributed by atoms with Gasteiger partial charge in [-0.15, -0.1) is 0 Å². The van der Waals surface area contributed by atoms with E-state index in [1.807, 2.05) is 18.2 Å². The summed E-state index contributed by atoms with van der Waals surface area (Å²) in [6.07, 6.45) is 0.746. The van der Waals surface area contributed by atoms with Crippen LogP contribution in [0, 0.1) is 0 Å². The first-order chi connectivity index (χ1) is 13.9. The van der Waals surface area contributed by atoms with Crippen LogP contribution in [0.25, 0.3) is 11.0 Å². The first kappa shape index (κ1) is 18.0. The van der Waals surface area contributed by atoms with Crippen molar-refractivity contribution in [2.45, 2.75) is 36.7 Å². The zero-order chi connectivity index (χ0) is 20.2. The number of piperidine rings is 1. The van der Waals surface area contributed by atoms with Crippen LogP contribution < -0.4 is 5.32 Å². The van der Waals surface area contributed by atoms with E-state index in [1.165, 1.54) is 10.4 Å². The number of sulfonamides is 1. The summed E-state index contributed by atoms with van der Waals surface area (Å²) in [6, 6.07) is 10.3. The van der Waals surface area contributed by atoms with E-state index in [1.54, 1.807) is 12.1 Å². The van der Waals surface area contributed by atoms with Crippen LogP contribution in [-0.2, 0) is 32.7 Å². The number of benzene rings is 2. The molecule has 5 rings (SSSR count). The maximum atomic E-state index is 13.2. The highest BCUT2D eigenvalue weighted by molar-refractivity contribution is 7.89. The van der Waals surface area contributed by atoms with Crippen LogP contribution in [0.3, 0.4) is 0 Å². The normalized spacial score (nSPS) is 20.1. The lowest BCUT2D eigenvalue weighted by Gasteiger charge is -2.21. The molecule has 0 spiro atoms. The number of rotatable bonds is 3. The number of amides is 2. The Bertz CT molecular complexity index is 1270. The van der Waals surface area contributed by atoms with Gasteiger partial charge in [-0.2, -0.15) is 4.31 Å². The Morgan fingerprint density at radius 3 is 2.72 bits per heavy atom. The van der Waals surface area contributed by atoms with Gasteiger partial charge in [0, 0.05) is 19.5 Å². The maximum Gasteiger partial charge on any atom is 0.246 e. The molecular weight excluding hydrogens is 396 g/mol. The van der Waals surface area contributed by atoms with Gasteiger partial charge >= 0.3 is 0 Å². The SMILES string of the molecule is O=C1CCC(c2ccc3c(c2)CN(S(=O)(=O)c2cccc4nonc24)C3)C(=O)N1. The molecule has 148 valence electrons. The van der Waals surface area contributed by atoms with Crippen LogP contribution in [0.2, 0.25) is 0 Å². The van der Waals surface area contributed by atoms with E-state index in [0.717, 1.165) is 16.7 Å². The second-order valence-corrected chi connectivity index (χ2v) is 9.10. The average molecular weight is 412 g/mol. The minimum absolute atomic E-state index is 0.0504. The molecule has 1 saturated heterocycles. The largest absolute Gasteiger partial charge is 0.296 e. The summed E-state index contributed by atoms with van der Waals surface area (Å²) in [4.78, 5) is 23.6. The zero-order valence-corrected chi connectivity index (χ0v) is 16.0. The molecule has 0 bridgehead atoms. The lowest BCUT2D eigenvalue weighted by atomic mass is 9.89. The first-order valence-corrected chi connectivity index (χ1v) is 10.5. The van der Waals surface area contributed by atoms with Crippen LogP contribution in [0.1, 0.15) is 35.4 Å². The summed E-state index contributed by atoms with van der Waals surface area (Å²) in [6.45, 7) is 0.426. The molecule has 1 atom stereocenters. The van der Waals surface area contributed by atoms with Crippen LogP contribution >= 0.6 is 0 Å². The molecular formula is C19H16N4O5S. The van der Waals surface area contributed by atoms with E-state index in [4.69, 9.17) is 0 Å². The van der Waals surface area contributed by atoms with Gasteiger partial charge < -0.3 is 0 Å². The standard InChI is InChI=1S/C19H16N4O5S/c24-17-7-6-14(19(25)20-17)11-4-5-12-9-23(10-13(12)8-11)29(26,27)16-3-1-2-15-18(16)22-28-21-15/h1-5,8,14H,6-7,9-10H2,(H,20,24,25). The monoisotopic (exact) mass is 412 g/mol. The van der Waals surface area contributed by atoms with Crippen molar-refractivity contribution >= 4 is 32.9 Å². The molecule has 2 amide bonds. The predicted octanol–water partition coefficient (Wildman–Crippen LogP) is 1.45. The zero-order valence-electron chi connectivity index (χ0n) is 15.2. The van der Waals surface area contributed by atoms with E-state index in [0.29, 0.717) is 18.4 Å². The molecule has 2 aromatic carbocycles. The number of nitrogens with zero attached hydrogens (tertiary/aromatic N) is 3. The number of carbonyl (C=O) groups excluding carboxylic acids is 2. The quantitative estimate of drug-likeness (QED) is 0.646. The highest BCUT2D eigenvalue weighted by Crippen LogP contribution is 2.34. The van der Waals surface area contributed by atoms with Crippen LogP contribution in [0.5, 0.6) is 0 Å². The van der Waals surface area contributed by atoms with E-state index < -0.39 is 15.9 Å². The third kappa shape index (κ3) is 2.91. The molecule has 0 radical (unpaired) electrons. The van der Waals surface area contributed by atoms with Gasteiger partial charge in [-0.3, -0.25) is 14.9 Å². The van der Waals surface area contributed by atoms with Crippen LogP contribution in [-0.4, -0.2) is 34.9 Å². The Labute approximate surface area is 165 Å². The molecule has 0 aliphatic carbocycles. The van der Waals surface area contributed by atoms with Gasteiger partial charge in [0.2, 0.25) is 21.8 Å². The van der Waals surface area contributed by atoms with Gasteiger partial charge in [0.05, 0.1) is 5.92 Å². The molecule has 3 heterocycles. The number of carbonyl (C=O) groups is 2. The van der Waals surface area contributed by atoms with Gasteiger partial charge in [-0.05, 0) is 45.6 Å². The molecule has 1 N–H and O–H groups in total. The van der Waals surface area contributed by atoms with Gasteiger partial charge in [-0.25, -0.2) is 13.0 Å². The fourth-order valence-corrected chi connectivity index (χ4v) is 5.44. The highest BCUT2D eigenvalue weighted by Gasteiger charge is 2.34. The summed E-state index contributed by atoms with van der Waals surface area (Å²) in [5, 5.41) is 9.79. The summed E-state index contributed by atoms with van der Waals surface area (Å²) >= 11 is 0. The molecule has 10 heteroatoms. The van der Waals surface area contributed by atoms with Crippen molar-refractivity contribution < 1.29 is 22.6 Å². The summed E-state index contributed by atoms with van der Waals surface area (Å²) in [7, 11) is -3.81. The minimum atomic E-state index is -3.81. The maximum absolute atomic E-state index is 13.2. The van der Waals surface area contributed by atoms with E-state index in [9.17, 15) is 18.0 Å². The van der Waals surface area contributed by atoms with E-state index in [-0.39, 0.29) is 35.3 Å². The number of aromatic nitrogens is 2. The number of imide groups is 1. The van der Waals surface area contributed by atoms with Crippen molar-refractivity contribution in [1.29, 1.82) is 0 Å². The lowest BCUT2D eigenvalue weighted by molar-refractivity contribution is -0.134. The van der Waals surface area contributed by atoms with Gasteiger partial charge in [0.25, 0.3) is 0 Å². The second-order valence-electron chi connectivity index (χ2n) is 7.19. The Morgan fingerprint density at radius 2 is 1.90 bits per heavy atom. The van der Waals surface area contributed by atoms with Crippen molar-refractivity contribution in [2.75, 3.05) is 0 Å². The molecule has 2 aliphatic rings. The summed E-state index contributed by atoms with van der Waals surface area (Å²) in [5.41, 5.74) is 3.10. The Kier molecular flexibility index (Phi) is 4.00. The number of nitrogens with one attached hydrogen (secondary N) is 1. The third-order valence-corrected chi connectivity index (χ3v) is 7.26. The number of hydrogen-bond acceptors (Lipinski definition) is 7. The fraction of sp³-hybridized carbons (Fsp3) is 0.263. The van der Waals surface area contributed by atoms with Crippen molar-refractivity contribution in [3.05, 3.63) is 53.1 Å². The smallest absolute Gasteiger partial charge is 0.246 e. The second kappa shape index (κ2) is 6.46. The Hall–Kier alpha value is -3.11. The molecule has 2 aliphatic heterocycles. The number of fused-ring (bicyclic) bond motifs is 2. The molecule has 29 heavy (non-hydrogen) atoms. The van der Waals surface area contributed by atoms with Crippen molar-refractivity contribution in [2.24, 2.45) is 0 Å². The lowest BCUT2D eigenvalue weighted by Crippen LogP contribution is -2.39. The Morgan fingerprint density at radius 1 is 1.07 bits per heavy atom. The molecule has 1 fully saturated rings. The van der Waals surface area contributed by atoms with Crippen molar-refractivity contribution in [3.63, 3.8) is 0 Å². The van der Waals surface area contributed by atoms with Crippen LogP contribution in [0.4, 0.5) is 0 Å². The molecule has 9 nitrogen and oxygen atoms in total. The molecule has 3 aromatic rings. The van der Waals surface area contributed by atoms with Crippen LogP contribution in [0.15, 0.2) is 45.9 Å². The van der Waals surface area contributed by atoms with Gasteiger partial charge in [0.15, 0.2) is 5.52 Å². The van der Waals surface area contributed by atoms with E-state index >= 15 is 0 Å². The topological polar surface area (TPSA) is 122 Å². The summed E-state index contributed by atoms with van der Waals surface area (Å²) in [5.74, 6) is -0.978. The average Bonchev–Trinajstić information content (AvgIpc) is 3.34. The predicted molar refractivity (Wildman–Crippen MR) is 99.8 cm³/mol. The van der Waals surface area contributed by atoms with Crippen molar-refractivity contribution in [3.8, 4) is 0 Å². The first-order valence-electron chi connectivity index (χ1n) is 9.10. The van der Waals surface area contributed by atoms with Crippen molar-refractivity contribution in [1.82, 2.24) is 19.9 Å². The molecule has 0 saturated carbocycles. The molecule has 1 aromatic heterocycles. The van der Waals surface area contributed by atoms with Gasteiger partial charge in [-0.1, -0.05) is 24.3 Å². The number of hydrogen-bond donors (Lipinski definition) is 1. The van der Waals surface area contributed by atoms with E-state index in [2.05, 4.69) is 20.3 Å². The third-order valence-electron chi connectivity index (χ3n) is 5.43. The molecule has 1 unspecified atom stereocenters. The van der Waals surface area contributed by atoms with Gasteiger partial charge in [0.1, 0.15) is 10.4 Å².